The number of hydrogen-bond acceptors (Lipinski definition) is 3. The van der Waals surface area contributed by atoms with E-state index in [2.05, 4.69) is 0 Å². The summed E-state index contributed by atoms with van der Waals surface area (Å²) in [6, 6.07) is 0. The number of hydrogen-bond donors (Lipinski definition) is 1. The molecule has 0 aromatic carbocycles. The lowest BCUT2D eigenvalue weighted by molar-refractivity contribution is -0.157. The van der Waals surface area contributed by atoms with Crippen LogP contribution in [0.4, 0.5) is 0 Å². The maximum Gasteiger partial charge on any atom is 0.225 e. The van der Waals surface area contributed by atoms with E-state index < -0.39 is 11.2 Å². The van der Waals surface area contributed by atoms with Gasteiger partial charge in [-0.1, -0.05) is 0 Å². The molecule has 0 atom stereocenters. The molecule has 1 N–H and O–H groups in total. The average molecular weight is 201 g/mol. The molecule has 0 aromatic heterocycles. The zero-order valence-electron chi connectivity index (χ0n) is 9.33. The molecular weight excluding hydrogens is 182 g/mol. The van der Waals surface area contributed by atoms with Crippen LogP contribution in [0.15, 0.2) is 0 Å². The van der Waals surface area contributed by atoms with E-state index in [4.69, 9.17) is 4.74 Å². The Morgan fingerprint density at radius 1 is 1.57 bits per heavy atom. The minimum Gasteiger partial charge on any atom is -0.386 e. The minimum atomic E-state index is -0.688. The van der Waals surface area contributed by atoms with Crippen LogP contribution in [0.2, 0.25) is 0 Å². The van der Waals surface area contributed by atoms with Crippen molar-refractivity contribution in [2.24, 2.45) is 0 Å². The molecule has 1 amide bonds. The molecule has 1 rings (SSSR count). The van der Waals surface area contributed by atoms with Crippen LogP contribution < -0.4 is 0 Å². The lowest BCUT2D eigenvalue weighted by Crippen LogP contribution is -2.62. The third kappa shape index (κ3) is 2.69. The zero-order chi connectivity index (χ0) is 11.0. The molecule has 1 aliphatic rings. The summed E-state index contributed by atoms with van der Waals surface area (Å²) in [7, 11) is 1.60. The van der Waals surface area contributed by atoms with Crippen molar-refractivity contribution in [3.05, 3.63) is 0 Å². The van der Waals surface area contributed by atoms with Gasteiger partial charge < -0.3 is 14.7 Å². The number of nitrogens with zero attached hydrogens (tertiary/aromatic N) is 1. The number of methoxy groups -OCH3 is 1. The number of β-amino-alcohol motifs (C(OH)–C–C–N with tert-alkyl or cyclic N) is 1. The first-order valence-corrected chi connectivity index (χ1v) is 4.81. The van der Waals surface area contributed by atoms with Gasteiger partial charge in [0.25, 0.3) is 0 Å². The summed E-state index contributed by atoms with van der Waals surface area (Å²) >= 11 is 0. The predicted molar refractivity (Wildman–Crippen MR) is 52.9 cm³/mol. The van der Waals surface area contributed by atoms with Crippen molar-refractivity contribution in [3.63, 3.8) is 0 Å². The third-order valence-corrected chi connectivity index (χ3v) is 2.55. The fourth-order valence-corrected chi connectivity index (χ4v) is 1.50. The van der Waals surface area contributed by atoms with E-state index in [1.54, 1.807) is 18.9 Å². The first-order valence-electron chi connectivity index (χ1n) is 4.81. The molecule has 0 aromatic rings. The number of amides is 1. The van der Waals surface area contributed by atoms with Crippen LogP contribution in [-0.2, 0) is 9.53 Å². The largest absolute Gasteiger partial charge is 0.386 e. The van der Waals surface area contributed by atoms with Crippen LogP contribution in [0.1, 0.15) is 27.2 Å². The topological polar surface area (TPSA) is 49.8 Å². The number of ether oxygens (including phenoxy) is 1. The van der Waals surface area contributed by atoms with Crippen LogP contribution >= 0.6 is 0 Å². The molecule has 1 heterocycles. The third-order valence-electron chi connectivity index (χ3n) is 2.55. The Morgan fingerprint density at radius 2 is 2.07 bits per heavy atom. The number of likely N-dealkylation sites (tertiary alicyclic amines) is 1. The maximum atomic E-state index is 11.6. The highest BCUT2D eigenvalue weighted by molar-refractivity contribution is 5.78. The van der Waals surface area contributed by atoms with Crippen molar-refractivity contribution in [3.8, 4) is 0 Å². The normalized spacial score (nSPS) is 20.5. The molecule has 0 unspecified atom stereocenters. The molecule has 4 heteroatoms. The average Bonchev–Trinajstić information content (AvgIpc) is 1.99. The number of rotatable bonds is 3. The van der Waals surface area contributed by atoms with Crippen LogP contribution in [-0.4, -0.2) is 47.3 Å². The molecule has 0 bridgehead atoms. The quantitative estimate of drug-likeness (QED) is 0.719. The Labute approximate surface area is 84.8 Å². The summed E-state index contributed by atoms with van der Waals surface area (Å²) in [5.41, 5.74) is -1.11. The van der Waals surface area contributed by atoms with Crippen molar-refractivity contribution in [1.29, 1.82) is 0 Å². The Hall–Kier alpha value is -0.610. The highest BCUT2D eigenvalue weighted by Gasteiger charge is 2.40. The Morgan fingerprint density at radius 3 is 2.43 bits per heavy atom. The van der Waals surface area contributed by atoms with Crippen LogP contribution in [0, 0.1) is 0 Å². The van der Waals surface area contributed by atoms with E-state index >= 15 is 0 Å². The summed E-state index contributed by atoms with van der Waals surface area (Å²) < 4.78 is 5.17. The summed E-state index contributed by atoms with van der Waals surface area (Å²) in [5, 5.41) is 9.46. The van der Waals surface area contributed by atoms with E-state index in [0.717, 1.165) is 0 Å². The van der Waals surface area contributed by atoms with Gasteiger partial charge in [0.1, 0.15) is 0 Å². The summed E-state index contributed by atoms with van der Waals surface area (Å²) in [6.07, 6.45) is 0.361. The fraction of sp³-hybridized carbons (Fsp3) is 0.900. The molecule has 1 fully saturated rings. The van der Waals surface area contributed by atoms with Gasteiger partial charge in [0.2, 0.25) is 5.91 Å². The van der Waals surface area contributed by atoms with Gasteiger partial charge in [-0.3, -0.25) is 4.79 Å². The summed E-state index contributed by atoms with van der Waals surface area (Å²) in [4.78, 5) is 13.3. The van der Waals surface area contributed by atoms with Crippen LogP contribution in [0.25, 0.3) is 0 Å². The minimum absolute atomic E-state index is 0.0448. The summed E-state index contributed by atoms with van der Waals surface area (Å²) in [6.45, 7) is 6.36. The molecule has 0 spiro atoms. The molecule has 4 nitrogen and oxygen atoms in total. The van der Waals surface area contributed by atoms with Gasteiger partial charge >= 0.3 is 0 Å². The van der Waals surface area contributed by atoms with Gasteiger partial charge in [-0.15, -0.1) is 0 Å². The van der Waals surface area contributed by atoms with E-state index in [0.29, 0.717) is 19.5 Å². The van der Waals surface area contributed by atoms with Gasteiger partial charge in [-0.2, -0.15) is 0 Å². The highest BCUT2D eigenvalue weighted by Crippen LogP contribution is 2.23. The number of aliphatic hydroxyl groups is 1. The maximum absolute atomic E-state index is 11.6. The van der Waals surface area contributed by atoms with Gasteiger partial charge in [0.05, 0.1) is 30.7 Å². The van der Waals surface area contributed by atoms with Gasteiger partial charge in [-0.25, -0.2) is 0 Å². The predicted octanol–water partition coefficient (Wildman–Crippen LogP) is 0.395. The SMILES string of the molecule is COC(C)(C)CC(=O)N1CC(C)(O)C1. The van der Waals surface area contributed by atoms with Gasteiger partial charge in [0.15, 0.2) is 0 Å². The lowest BCUT2D eigenvalue weighted by atomic mass is 9.94. The molecule has 0 aliphatic carbocycles. The molecule has 14 heavy (non-hydrogen) atoms. The number of carbonyl (C=O) groups excluding carboxylic acids is 1. The van der Waals surface area contributed by atoms with E-state index in [-0.39, 0.29) is 5.91 Å². The van der Waals surface area contributed by atoms with E-state index in [1.165, 1.54) is 0 Å². The van der Waals surface area contributed by atoms with Gasteiger partial charge in [-0.05, 0) is 20.8 Å². The van der Waals surface area contributed by atoms with Crippen LogP contribution in [0.3, 0.4) is 0 Å². The first kappa shape index (κ1) is 11.5. The molecule has 82 valence electrons. The summed E-state index contributed by atoms with van der Waals surface area (Å²) in [5.74, 6) is 0.0448. The van der Waals surface area contributed by atoms with Crippen LogP contribution in [0.5, 0.6) is 0 Å². The fourth-order valence-electron chi connectivity index (χ4n) is 1.50. The Balaban J connectivity index is 2.38. The first-order chi connectivity index (χ1) is 6.26. The lowest BCUT2D eigenvalue weighted by Gasteiger charge is -2.45. The van der Waals surface area contributed by atoms with Crippen molar-refractivity contribution in [2.45, 2.75) is 38.4 Å². The van der Waals surface area contributed by atoms with Crippen molar-refractivity contribution >= 4 is 5.91 Å². The second-order valence-electron chi connectivity index (χ2n) is 4.89. The van der Waals surface area contributed by atoms with Gasteiger partial charge in [0, 0.05) is 7.11 Å². The smallest absolute Gasteiger partial charge is 0.225 e. The second-order valence-corrected chi connectivity index (χ2v) is 4.89. The van der Waals surface area contributed by atoms with E-state index in [9.17, 15) is 9.90 Å². The zero-order valence-corrected chi connectivity index (χ0v) is 9.33. The number of carbonyl (C=O) groups is 1. The standard InChI is InChI=1S/C10H19NO3/c1-9(2,14-4)5-8(12)11-6-10(3,13)7-11/h13H,5-7H2,1-4H3. The second kappa shape index (κ2) is 3.51. The monoisotopic (exact) mass is 201 g/mol. The molecule has 0 radical (unpaired) electrons. The molecule has 1 aliphatic heterocycles. The Kier molecular flexibility index (Phi) is 2.88. The van der Waals surface area contributed by atoms with Crippen molar-refractivity contribution in [2.75, 3.05) is 20.2 Å². The van der Waals surface area contributed by atoms with Crippen molar-refractivity contribution < 1.29 is 14.6 Å². The van der Waals surface area contributed by atoms with E-state index in [1.807, 2.05) is 13.8 Å². The Bertz CT molecular complexity index is 228. The molecule has 1 saturated heterocycles. The van der Waals surface area contributed by atoms with Crippen molar-refractivity contribution in [1.82, 2.24) is 4.90 Å². The molecule has 0 saturated carbocycles. The highest BCUT2D eigenvalue weighted by atomic mass is 16.5. The molecular formula is C10H19NO3.